The number of primary amides is 1. The van der Waals surface area contributed by atoms with Gasteiger partial charge in [0.05, 0.1) is 5.56 Å². The number of aromatic hydroxyl groups is 1. The predicted octanol–water partition coefficient (Wildman–Crippen LogP) is 2.10. The Balaban J connectivity index is 1.71. The number of hydrogen-bond donors (Lipinski definition) is 5. The molecule has 0 aromatic heterocycles. The summed E-state index contributed by atoms with van der Waals surface area (Å²) < 4.78 is 0. The molecule has 0 spiro atoms. The predicted molar refractivity (Wildman–Crippen MR) is 117 cm³/mol. The minimum absolute atomic E-state index is 0.118. The summed E-state index contributed by atoms with van der Waals surface area (Å²) in [6.07, 6.45) is 6.45. The van der Waals surface area contributed by atoms with Gasteiger partial charge in [-0.05, 0) is 48.8 Å². The highest BCUT2D eigenvalue weighted by Gasteiger charge is 2.62. The molecule has 1 aromatic rings. The largest absolute Gasteiger partial charge is 0.508 e. The smallest absolute Gasteiger partial charge is 0.255 e. The second kappa shape index (κ2) is 7.05. The van der Waals surface area contributed by atoms with Gasteiger partial charge in [0.1, 0.15) is 22.8 Å². The fourth-order valence-electron chi connectivity index (χ4n) is 6.20. The molecule has 6 N–H and O–H groups in total. The Labute approximate surface area is 189 Å². The first-order valence-electron chi connectivity index (χ1n) is 11.1. The molecule has 8 nitrogen and oxygen atoms in total. The van der Waals surface area contributed by atoms with Crippen LogP contribution in [0.2, 0.25) is 0 Å². The van der Waals surface area contributed by atoms with E-state index in [0.29, 0.717) is 6.42 Å². The van der Waals surface area contributed by atoms with E-state index >= 15 is 0 Å². The number of carbonyl (C=O) groups excluding carboxylic acids is 3. The van der Waals surface area contributed by atoms with Gasteiger partial charge in [-0.2, -0.15) is 0 Å². The van der Waals surface area contributed by atoms with E-state index in [1.807, 2.05) is 6.07 Å². The van der Waals surface area contributed by atoms with Gasteiger partial charge in [-0.3, -0.25) is 14.4 Å². The summed E-state index contributed by atoms with van der Waals surface area (Å²) in [5, 5.41) is 43.8. The zero-order valence-electron chi connectivity index (χ0n) is 18.0. The highest BCUT2D eigenvalue weighted by molar-refractivity contribution is 6.23. The number of hydrogen-bond acceptors (Lipinski definition) is 7. The van der Waals surface area contributed by atoms with Crippen LogP contribution in [-0.4, -0.2) is 43.5 Å². The second-order valence-electron chi connectivity index (χ2n) is 9.48. The van der Waals surface area contributed by atoms with Crippen LogP contribution in [0.4, 0.5) is 0 Å². The van der Waals surface area contributed by atoms with Gasteiger partial charge in [0.15, 0.2) is 11.4 Å². The minimum atomic E-state index is -2.56. The number of nitrogens with two attached hydrogens (primary N) is 1. The van der Waals surface area contributed by atoms with Crippen LogP contribution in [-0.2, 0) is 20.8 Å². The Morgan fingerprint density at radius 1 is 1.18 bits per heavy atom. The van der Waals surface area contributed by atoms with Crippen LogP contribution in [0.15, 0.2) is 41.2 Å². The molecule has 1 saturated carbocycles. The van der Waals surface area contributed by atoms with Gasteiger partial charge in [-0.15, -0.1) is 0 Å². The second-order valence-corrected chi connectivity index (χ2v) is 9.48. The number of phenols is 1. The summed E-state index contributed by atoms with van der Waals surface area (Å²) in [7, 11) is 0. The third-order valence-electron chi connectivity index (χ3n) is 7.86. The van der Waals surface area contributed by atoms with E-state index in [-0.39, 0.29) is 29.2 Å². The van der Waals surface area contributed by atoms with Crippen molar-refractivity contribution in [3.63, 3.8) is 0 Å². The van der Waals surface area contributed by atoms with Gasteiger partial charge in [0.2, 0.25) is 5.78 Å². The monoisotopic (exact) mass is 451 g/mol. The van der Waals surface area contributed by atoms with Crippen LogP contribution in [0.1, 0.15) is 48.8 Å². The molecule has 5 atom stereocenters. The molecule has 5 rings (SSSR count). The first-order valence-corrected chi connectivity index (χ1v) is 11.1. The van der Waals surface area contributed by atoms with Crippen LogP contribution in [0, 0.1) is 17.8 Å². The highest BCUT2D eigenvalue weighted by atomic mass is 16.3. The Morgan fingerprint density at radius 2 is 1.91 bits per heavy atom. The molecule has 1 unspecified atom stereocenters. The van der Waals surface area contributed by atoms with Crippen molar-refractivity contribution >= 4 is 23.2 Å². The van der Waals surface area contributed by atoms with E-state index < -0.39 is 57.9 Å². The van der Waals surface area contributed by atoms with Crippen molar-refractivity contribution in [1.82, 2.24) is 0 Å². The fourth-order valence-corrected chi connectivity index (χ4v) is 6.20. The number of carbonyl (C=O) groups is 3. The number of allylic oxidation sites excluding steroid dienone is 2. The highest BCUT2D eigenvalue weighted by Crippen LogP contribution is 2.54. The van der Waals surface area contributed by atoms with Crippen LogP contribution < -0.4 is 5.73 Å². The number of aliphatic hydroxyl groups excluding tert-OH is 2. The lowest BCUT2D eigenvalue weighted by Crippen LogP contribution is -2.61. The van der Waals surface area contributed by atoms with Crippen molar-refractivity contribution in [2.24, 2.45) is 23.5 Å². The van der Waals surface area contributed by atoms with E-state index in [0.717, 1.165) is 24.0 Å². The Kier molecular flexibility index (Phi) is 4.59. The number of benzene rings is 1. The summed E-state index contributed by atoms with van der Waals surface area (Å²) in [5.74, 6) is -6.96. The van der Waals surface area contributed by atoms with Crippen molar-refractivity contribution in [1.29, 1.82) is 0 Å². The molecule has 33 heavy (non-hydrogen) atoms. The molecule has 1 amide bonds. The average molecular weight is 451 g/mol. The average Bonchev–Trinajstić information content (AvgIpc) is 3.29. The summed E-state index contributed by atoms with van der Waals surface area (Å²) >= 11 is 0. The number of ketones is 2. The fraction of sp³-hybridized carbons (Fsp3) is 0.400. The Morgan fingerprint density at radius 3 is 2.55 bits per heavy atom. The molecule has 0 saturated heterocycles. The third-order valence-corrected chi connectivity index (χ3v) is 7.86. The first kappa shape index (κ1) is 21.5. The van der Waals surface area contributed by atoms with E-state index in [1.54, 1.807) is 0 Å². The minimum Gasteiger partial charge on any atom is -0.508 e. The zero-order chi connectivity index (χ0) is 23.8. The summed E-state index contributed by atoms with van der Waals surface area (Å²) in [6, 6.07) is 3.31. The number of rotatable bonds is 2. The number of amides is 1. The molecular formula is C25H25NO7. The van der Waals surface area contributed by atoms with Crippen molar-refractivity contribution in [2.75, 3.05) is 0 Å². The lowest BCUT2D eigenvalue weighted by atomic mass is 9.56. The molecule has 0 bridgehead atoms. The van der Waals surface area contributed by atoms with Crippen molar-refractivity contribution in [2.45, 2.75) is 44.1 Å². The third kappa shape index (κ3) is 2.70. The number of aliphatic hydroxyl groups is 3. The normalized spacial score (nSPS) is 33.2. The molecule has 8 heteroatoms. The summed E-state index contributed by atoms with van der Waals surface area (Å²) in [5.41, 5.74) is 3.63. The molecular weight excluding hydrogens is 426 g/mol. The van der Waals surface area contributed by atoms with Crippen LogP contribution in [0.5, 0.6) is 5.75 Å². The van der Waals surface area contributed by atoms with E-state index in [1.165, 1.54) is 13.0 Å². The lowest BCUT2D eigenvalue weighted by molar-refractivity contribution is -0.152. The van der Waals surface area contributed by atoms with Crippen LogP contribution in [0.3, 0.4) is 0 Å². The standard InChI is InChI=1S/C25H25NO7/c1-10-15-9-12-8-14-13(11-4-2-3-5-11)6-7-16(27)18(14)21(29)17(12)22(30)25(15,33)23(31)19(20(10)28)24(26)32/h2,4,6-7,10-12,15,27,29,31,33H,3,5,8-9H2,1H3,(H2,26,32)/t10-,11?,12-,15-,25-/m0/s1. The SMILES string of the molecule is C[C@@H]1C(=O)C(C(N)=O)=C(O)[C@@]2(O)C(=O)C3=C(O)c4c(O)ccc(C5C=CCC5)c4C[C@H]3C[C@@H]12. The Bertz CT molecular complexity index is 1220. The first-order chi connectivity index (χ1) is 15.6. The van der Waals surface area contributed by atoms with E-state index in [2.05, 4.69) is 12.2 Å². The number of phenolic OH excluding ortho intramolecular Hbond substituents is 1. The maximum atomic E-state index is 13.6. The zero-order valence-corrected chi connectivity index (χ0v) is 18.0. The van der Waals surface area contributed by atoms with Gasteiger partial charge < -0.3 is 26.2 Å². The number of fused-ring (bicyclic) bond motifs is 3. The van der Waals surface area contributed by atoms with Gasteiger partial charge >= 0.3 is 0 Å². The quantitative estimate of drug-likeness (QED) is 0.340. The molecule has 0 aliphatic heterocycles. The van der Waals surface area contributed by atoms with E-state index in [9.17, 15) is 34.8 Å². The van der Waals surface area contributed by atoms with Crippen molar-refractivity contribution < 1.29 is 34.8 Å². The lowest BCUT2D eigenvalue weighted by Gasteiger charge is -2.48. The molecule has 1 fully saturated rings. The maximum Gasteiger partial charge on any atom is 0.255 e. The summed E-state index contributed by atoms with van der Waals surface area (Å²) in [4.78, 5) is 38.2. The van der Waals surface area contributed by atoms with Crippen LogP contribution >= 0.6 is 0 Å². The van der Waals surface area contributed by atoms with Crippen LogP contribution in [0.25, 0.3) is 5.76 Å². The Hall–Kier alpha value is -3.39. The topological polar surface area (TPSA) is 158 Å². The van der Waals surface area contributed by atoms with Crippen molar-refractivity contribution in [3.8, 4) is 5.75 Å². The van der Waals surface area contributed by atoms with Gasteiger partial charge in [-0.1, -0.05) is 25.1 Å². The molecule has 0 heterocycles. The molecule has 4 aliphatic rings. The van der Waals surface area contributed by atoms with Gasteiger partial charge in [0, 0.05) is 23.3 Å². The van der Waals surface area contributed by atoms with Gasteiger partial charge in [-0.25, -0.2) is 0 Å². The summed E-state index contributed by atoms with van der Waals surface area (Å²) in [6.45, 7) is 1.49. The van der Waals surface area contributed by atoms with Crippen molar-refractivity contribution in [3.05, 3.63) is 57.9 Å². The van der Waals surface area contributed by atoms with Gasteiger partial charge in [0.25, 0.3) is 5.91 Å². The number of Topliss-reactive ketones (excluding diaryl/α,β-unsaturated/α-hetero) is 2. The molecule has 172 valence electrons. The molecule has 1 aromatic carbocycles. The molecule has 0 radical (unpaired) electrons. The molecule has 4 aliphatic carbocycles. The maximum absolute atomic E-state index is 13.6. The van der Waals surface area contributed by atoms with E-state index in [4.69, 9.17) is 5.73 Å².